The van der Waals surface area contributed by atoms with Gasteiger partial charge in [0.1, 0.15) is 16.8 Å². The molecule has 0 spiro atoms. The standard InChI is InChI=1S/C13H9ClF4N2/c1-7-19-11(13(16,17)18)9(12(14)20-7)6-8-4-2-3-5-10(8)15/h2-5H,6H2,1H3. The van der Waals surface area contributed by atoms with Crippen molar-refractivity contribution in [2.45, 2.75) is 19.5 Å². The number of hydrogen-bond acceptors (Lipinski definition) is 2. The van der Waals surface area contributed by atoms with Crippen LogP contribution in [0, 0.1) is 12.7 Å². The second-order valence-electron chi connectivity index (χ2n) is 4.15. The van der Waals surface area contributed by atoms with Gasteiger partial charge < -0.3 is 0 Å². The first-order chi connectivity index (χ1) is 9.29. The van der Waals surface area contributed by atoms with Crippen molar-refractivity contribution in [1.29, 1.82) is 0 Å². The van der Waals surface area contributed by atoms with Gasteiger partial charge in [-0.25, -0.2) is 14.4 Å². The molecule has 1 heterocycles. The topological polar surface area (TPSA) is 25.8 Å². The van der Waals surface area contributed by atoms with Crippen LogP contribution in [0.3, 0.4) is 0 Å². The average Bonchev–Trinajstić information content (AvgIpc) is 2.33. The van der Waals surface area contributed by atoms with E-state index in [2.05, 4.69) is 9.97 Å². The second kappa shape index (κ2) is 5.36. The van der Waals surface area contributed by atoms with Gasteiger partial charge in [0.15, 0.2) is 5.69 Å². The molecule has 20 heavy (non-hydrogen) atoms. The third kappa shape index (κ3) is 3.07. The van der Waals surface area contributed by atoms with Crippen molar-refractivity contribution in [1.82, 2.24) is 9.97 Å². The number of aromatic nitrogens is 2. The number of hydrogen-bond donors (Lipinski definition) is 0. The second-order valence-corrected chi connectivity index (χ2v) is 4.51. The molecule has 1 aromatic heterocycles. The molecule has 0 saturated carbocycles. The van der Waals surface area contributed by atoms with Crippen molar-refractivity contribution in [3.05, 3.63) is 57.9 Å². The largest absolute Gasteiger partial charge is 0.433 e. The highest BCUT2D eigenvalue weighted by Crippen LogP contribution is 2.34. The Hall–Kier alpha value is -1.69. The molecular weight excluding hydrogens is 296 g/mol. The van der Waals surface area contributed by atoms with Gasteiger partial charge in [-0.1, -0.05) is 29.8 Å². The first-order valence-electron chi connectivity index (χ1n) is 5.62. The van der Waals surface area contributed by atoms with Gasteiger partial charge in [0.2, 0.25) is 0 Å². The molecule has 0 fully saturated rings. The fourth-order valence-corrected chi connectivity index (χ4v) is 2.06. The molecule has 2 rings (SSSR count). The van der Waals surface area contributed by atoms with Crippen LogP contribution in [-0.2, 0) is 12.6 Å². The lowest BCUT2D eigenvalue weighted by molar-refractivity contribution is -0.142. The molecule has 0 atom stereocenters. The van der Waals surface area contributed by atoms with Crippen molar-refractivity contribution < 1.29 is 17.6 Å². The normalized spacial score (nSPS) is 11.7. The van der Waals surface area contributed by atoms with E-state index in [1.54, 1.807) is 0 Å². The molecular formula is C13H9ClF4N2. The Kier molecular flexibility index (Phi) is 3.94. The Morgan fingerprint density at radius 2 is 1.80 bits per heavy atom. The summed E-state index contributed by atoms with van der Waals surface area (Å²) in [7, 11) is 0. The van der Waals surface area contributed by atoms with Crippen molar-refractivity contribution >= 4 is 11.6 Å². The average molecular weight is 305 g/mol. The van der Waals surface area contributed by atoms with Gasteiger partial charge in [0, 0.05) is 12.0 Å². The monoisotopic (exact) mass is 304 g/mol. The summed E-state index contributed by atoms with van der Waals surface area (Å²) in [6.07, 6.45) is -4.99. The lowest BCUT2D eigenvalue weighted by atomic mass is 10.0. The lowest BCUT2D eigenvalue weighted by Crippen LogP contribution is -2.15. The SMILES string of the molecule is Cc1nc(Cl)c(Cc2ccccc2F)c(C(F)(F)F)n1. The zero-order valence-electron chi connectivity index (χ0n) is 10.3. The molecule has 7 heteroatoms. The van der Waals surface area contributed by atoms with Crippen molar-refractivity contribution in [2.24, 2.45) is 0 Å². The van der Waals surface area contributed by atoms with E-state index in [0.29, 0.717) is 0 Å². The van der Waals surface area contributed by atoms with Crippen LogP contribution in [0.15, 0.2) is 24.3 Å². The van der Waals surface area contributed by atoms with E-state index in [-0.39, 0.29) is 28.5 Å². The molecule has 0 amide bonds. The summed E-state index contributed by atoms with van der Waals surface area (Å²) in [6, 6.07) is 5.56. The summed E-state index contributed by atoms with van der Waals surface area (Å²) in [5.41, 5.74) is -1.35. The predicted octanol–water partition coefficient (Wildman–Crippen LogP) is 4.19. The van der Waals surface area contributed by atoms with Gasteiger partial charge in [-0.05, 0) is 18.6 Å². The van der Waals surface area contributed by atoms with Crippen molar-refractivity contribution in [3.63, 3.8) is 0 Å². The third-order valence-corrected chi connectivity index (χ3v) is 2.97. The fourth-order valence-electron chi connectivity index (χ4n) is 1.78. The van der Waals surface area contributed by atoms with Crippen LogP contribution in [0.25, 0.3) is 0 Å². The van der Waals surface area contributed by atoms with E-state index in [0.717, 1.165) is 0 Å². The molecule has 0 N–H and O–H groups in total. The first-order valence-corrected chi connectivity index (χ1v) is 6.00. The lowest BCUT2D eigenvalue weighted by Gasteiger charge is -2.14. The molecule has 0 saturated heterocycles. The van der Waals surface area contributed by atoms with Crippen LogP contribution in [-0.4, -0.2) is 9.97 Å². The summed E-state index contributed by atoms with van der Waals surface area (Å²) < 4.78 is 52.5. The molecule has 0 aliphatic carbocycles. The van der Waals surface area contributed by atoms with E-state index in [1.807, 2.05) is 0 Å². The number of benzene rings is 1. The summed E-state index contributed by atoms with van der Waals surface area (Å²) >= 11 is 5.77. The fraction of sp³-hybridized carbons (Fsp3) is 0.231. The Morgan fingerprint density at radius 1 is 1.15 bits per heavy atom. The van der Waals surface area contributed by atoms with Gasteiger partial charge in [-0.15, -0.1) is 0 Å². The van der Waals surface area contributed by atoms with Crippen molar-refractivity contribution in [2.75, 3.05) is 0 Å². The third-order valence-electron chi connectivity index (χ3n) is 2.66. The van der Waals surface area contributed by atoms with E-state index >= 15 is 0 Å². The predicted molar refractivity (Wildman–Crippen MR) is 66.0 cm³/mol. The van der Waals surface area contributed by atoms with Gasteiger partial charge in [0.25, 0.3) is 0 Å². The van der Waals surface area contributed by atoms with Crippen molar-refractivity contribution in [3.8, 4) is 0 Å². The first kappa shape index (κ1) is 14.7. The molecule has 2 nitrogen and oxygen atoms in total. The van der Waals surface area contributed by atoms with Crippen LogP contribution in [0.5, 0.6) is 0 Å². The quantitative estimate of drug-likeness (QED) is 0.614. The number of alkyl halides is 3. The van der Waals surface area contributed by atoms with Crippen LogP contribution in [0.1, 0.15) is 22.6 Å². The summed E-state index contributed by atoms with van der Waals surface area (Å²) in [5, 5.41) is -0.312. The van der Waals surface area contributed by atoms with Gasteiger partial charge in [0.05, 0.1) is 0 Å². The number of rotatable bonds is 2. The van der Waals surface area contributed by atoms with E-state index < -0.39 is 17.7 Å². The molecule has 106 valence electrons. The molecule has 0 radical (unpaired) electrons. The highest BCUT2D eigenvalue weighted by molar-refractivity contribution is 6.30. The molecule has 0 bridgehead atoms. The zero-order valence-corrected chi connectivity index (χ0v) is 11.1. The maximum atomic E-state index is 13.5. The maximum absolute atomic E-state index is 13.5. The van der Waals surface area contributed by atoms with E-state index in [9.17, 15) is 17.6 Å². The minimum absolute atomic E-state index is 0.0837. The molecule has 0 aliphatic heterocycles. The molecule has 0 unspecified atom stereocenters. The van der Waals surface area contributed by atoms with Crippen LogP contribution in [0.2, 0.25) is 5.15 Å². The summed E-state index contributed by atoms with van der Waals surface area (Å²) in [5.74, 6) is -0.683. The van der Waals surface area contributed by atoms with E-state index in [4.69, 9.17) is 11.6 Å². The molecule has 1 aromatic carbocycles. The zero-order chi connectivity index (χ0) is 14.9. The van der Waals surface area contributed by atoms with Crippen LogP contribution < -0.4 is 0 Å². The van der Waals surface area contributed by atoms with Crippen LogP contribution >= 0.6 is 11.6 Å². The minimum atomic E-state index is -4.67. The Labute approximate surface area is 117 Å². The Morgan fingerprint density at radius 3 is 2.40 bits per heavy atom. The van der Waals surface area contributed by atoms with Gasteiger partial charge in [-0.3, -0.25) is 0 Å². The van der Waals surface area contributed by atoms with Gasteiger partial charge in [-0.2, -0.15) is 13.2 Å². The minimum Gasteiger partial charge on any atom is -0.228 e. The number of nitrogens with zero attached hydrogens (tertiary/aromatic N) is 2. The number of aryl methyl sites for hydroxylation is 1. The summed E-state index contributed by atoms with van der Waals surface area (Å²) in [6.45, 7) is 1.31. The highest BCUT2D eigenvalue weighted by atomic mass is 35.5. The Bertz CT molecular complexity index is 641. The Balaban J connectivity index is 2.54. The smallest absolute Gasteiger partial charge is 0.228 e. The van der Waals surface area contributed by atoms with Gasteiger partial charge >= 0.3 is 6.18 Å². The molecule has 0 aliphatic rings. The number of halogens is 5. The van der Waals surface area contributed by atoms with E-state index in [1.165, 1.54) is 31.2 Å². The maximum Gasteiger partial charge on any atom is 0.433 e. The highest BCUT2D eigenvalue weighted by Gasteiger charge is 2.37. The summed E-state index contributed by atoms with van der Waals surface area (Å²) in [4.78, 5) is 7.09. The molecule has 2 aromatic rings. The van der Waals surface area contributed by atoms with Crippen LogP contribution in [0.4, 0.5) is 17.6 Å².